The number of halogens is 1. The summed E-state index contributed by atoms with van der Waals surface area (Å²) in [5.74, 6) is 0.560. The van der Waals surface area contributed by atoms with Crippen LogP contribution < -0.4 is 11.1 Å². The van der Waals surface area contributed by atoms with Crippen LogP contribution in [-0.2, 0) is 9.53 Å². The van der Waals surface area contributed by atoms with E-state index in [-0.39, 0.29) is 12.0 Å². The van der Waals surface area contributed by atoms with Crippen LogP contribution >= 0.6 is 15.9 Å². The van der Waals surface area contributed by atoms with Crippen molar-refractivity contribution in [3.63, 3.8) is 0 Å². The number of hydrogen-bond acceptors (Lipinski definition) is 3. The van der Waals surface area contributed by atoms with Crippen molar-refractivity contribution in [2.45, 2.75) is 32.4 Å². The molecule has 1 saturated heterocycles. The predicted molar refractivity (Wildman–Crippen MR) is 86.8 cm³/mol. The van der Waals surface area contributed by atoms with Crippen molar-refractivity contribution < 1.29 is 9.53 Å². The average molecular weight is 355 g/mol. The number of amides is 1. The molecule has 2 rings (SSSR count). The van der Waals surface area contributed by atoms with Crippen molar-refractivity contribution in [3.05, 3.63) is 34.3 Å². The Labute approximate surface area is 134 Å². The molecular weight excluding hydrogens is 332 g/mol. The molecule has 116 valence electrons. The van der Waals surface area contributed by atoms with Gasteiger partial charge in [0.2, 0.25) is 5.91 Å². The van der Waals surface area contributed by atoms with Crippen LogP contribution in [0.1, 0.15) is 31.9 Å². The monoisotopic (exact) mass is 354 g/mol. The molecule has 5 heteroatoms. The van der Waals surface area contributed by atoms with E-state index in [2.05, 4.69) is 35.1 Å². The zero-order chi connectivity index (χ0) is 15.4. The van der Waals surface area contributed by atoms with Crippen molar-refractivity contribution in [1.82, 2.24) is 5.32 Å². The number of carbonyl (C=O) groups excluding carboxylic acids is 1. The van der Waals surface area contributed by atoms with Gasteiger partial charge in [-0.25, -0.2) is 0 Å². The molecule has 1 heterocycles. The summed E-state index contributed by atoms with van der Waals surface area (Å²) in [5.41, 5.74) is 6.44. The number of benzene rings is 1. The zero-order valence-electron chi connectivity index (χ0n) is 12.5. The number of hydrogen-bond donors (Lipinski definition) is 2. The second kappa shape index (κ2) is 7.38. The van der Waals surface area contributed by atoms with Gasteiger partial charge in [-0.3, -0.25) is 4.79 Å². The molecule has 0 bridgehead atoms. The zero-order valence-corrected chi connectivity index (χ0v) is 14.1. The highest BCUT2D eigenvalue weighted by atomic mass is 79.9. The van der Waals surface area contributed by atoms with Crippen molar-refractivity contribution >= 4 is 21.8 Å². The Bertz CT molecular complexity index is 493. The molecule has 1 aromatic carbocycles. The highest BCUT2D eigenvalue weighted by Gasteiger charge is 2.31. The maximum absolute atomic E-state index is 11.7. The van der Waals surface area contributed by atoms with Crippen molar-refractivity contribution in [2.75, 3.05) is 13.2 Å². The van der Waals surface area contributed by atoms with Gasteiger partial charge in [0, 0.05) is 23.5 Å². The second-order valence-corrected chi connectivity index (χ2v) is 6.84. The molecule has 3 N–H and O–H groups in total. The fourth-order valence-electron chi connectivity index (χ4n) is 2.95. The molecule has 0 saturated carbocycles. The van der Waals surface area contributed by atoms with Gasteiger partial charge in [0.05, 0.1) is 6.10 Å². The third-order valence-electron chi connectivity index (χ3n) is 3.97. The molecule has 3 atom stereocenters. The van der Waals surface area contributed by atoms with E-state index in [1.807, 2.05) is 24.3 Å². The summed E-state index contributed by atoms with van der Waals surface area (Å²) < 4.78 is 6.72. The average Bonchev–Trinajstić information content (AvgIpc) is 2.87. The van der Waals surface area contributed by atoms with Gasteiger partial charge in [-0.1, -0.05) is 41.9 Å². The normalized spacial score (nSPS) is 23.4. The molecule has 1 aromatic rings. The smallest absolute Gasteiger partial charge is 0.239 e. The summed E-state index contributed by atoms with van der Waals surface area (Å²) in [6.07, 6.45) is 1.29. The summed E-state index contributed by atoms with van der Waals surface area (Å²) in [6.45, 7) is 5.88. The van der Waals surface area contributed by atoms with Gasteiger partial charge < -0.3 is 15.8 Å². The molecule has 0 aromatic heterocycles. The van der Waals surface area contributed by atoms with Gasteiger partial charge in [-0.2, -0.15) is 0 Å². The maximum atomic E-state index is 11.7. The van der Waals surface area contributed by atoms with Crippen LogP contribution in [-0.4, -0.2) is 25.2 Å². The van der Waals surface area contributed by atoms with Gasteiger partial charge in [-0.15, -0.1) is 0 Å². The Morgan fingerprint density at radius 1 is 1.52 bits per heavy atom. The molecule has 0 radical (unpaired) electrons. The molecule has 0 spiro atoms. The molecular formula is C16H23BrN2O2. The van der Waals surface area contributed by atoms with E-state index in [1.165, 1.54) is 0 Å². The first-order chi connectivity index (χ1) is 9.99. The quantitative estimate of drug-likeness (QED) is 0.825. The summed E-state index contributed by atoms with van der Waals surface area (Å²) >= 11 is 3.43. The lowest BCUT2D eigenvalue weighted by Crippen LogP contribution is -2.39. The molecule has 1 amide bonds. The summed E-state index contributed by atoms with van der Waals surface area (Å²) in [5, 5.41) is 3.31. The van der Waals surface area contributed by atoms with E-state index in [1.54, 1.807) is 0 Å². The van der Waals surface area contributed by atoms with Crippen molar-refractivity contribution in [3.8, 4) is 0 Å². The molecule has 21 heavy (non-hydrogen) atoms. The number of carbonyl (C=O) groups is 1. The molecule has 0 unspecified atom stereocenters. The van der Waals surface area contributed by atoms with E-state index in [4.69, 9.17) is 10.5 Å². The van der Waals surface area contributed by atoms with Gasteiger partial charge in [0.25, 0.3) is 0 Å². The summed E-state index contributed by atoms with van der Waals surface area (Å²) in [4.78, 5) is 11.7. The van der Waals surface area contributed by atoms with Crippen molar-refractivity contribution in [1.29, 1.82) is 0 Å². The largest absolute Gasteiger partial charge is 0.378 e. The van der Waals surface area contributed by atoms with Gasteiger partial charge in [-0.05, 0) is 30.0 Å². The highest BCUT2D eigenvalue weighted by Crippen LogP contribution is 2.27. The Balaban J connectivity index is 2.02. The van der Waals surface area contributed by atoms with Crippen LogP contribution in [0.4, 0.5) is 0 Å². The predicted octanol–water partition coefficient (Wildman–Crippen LogP) is 2.63. The summed E-state index contributed by atoms with van der Waals surface area (Å²) in [6, 6.07) is 7.22. The molecule has 1 aliphatic rings. The molecule has 4 nitrogen and oxygen atoms in total. The van der Waals surface area contributed by atoms with Gasteiger partial charge in [0.1, 0.15) is 6.04 Å². The van der Waals surface area contributed by atoms with E-state index < -0.39 is 6.04 Å². The number of primary amides is 1. The van der Waals surface area contributed by atoms with Crippen LogP contribution in [0.15, 0.2) is 28.7 Å². The lowest BCUT2D eigenvalue weighted by Gasteiger charge is -2.24. The Morgan fingerprint density at radius 2 is 2.29 bits per heavy atom. The van der Waals surface area contributed by atoms with Gasteiger partial charge >= 0.3 is 0 Å². The summed E-state index contributed by atoms with van der Waals surface area (Å²) in [7, 11) is 0. The fourth-order valence-corrected chi connectivity index (χ4v) is 3.37. The standard InChI is InChI=1S/C16H23BrN2O2/c1-10(2)15-12(6-7-21-15)9-19-14(16(18)20)11-4-3-5-13(17)8-11/h3-5,8,10,12,14-15,19H,6-7,9H2,1-2H3,(H2,18,20)/t12-,14+,15-/m1/s1. The van der Waals surface area contributed by atoms with Crippen LogP contribution in [0.2, 0.25) is 0 Å². The minimum atomic E-state index is -0.462. The number of rotatable bonds is 6. The van der Waals surface area contributed by atoms with E-state index in [0.29, 0.717) is 11.8 Å². The first kappa shape index (κ1) is 16.5. The van der Waals surface area contributed by atoms with Crippen LogP contribution in [0.25, 0.3) is 0 Å². The van der Waals surface area contributed by atoms with Crippen LogP contribution in [0.3, 0.4) is 0 Å². The van der Waals surface area contributed by atoms with E-state index >= 15 is 0 Å². The van der Waals surface area contributed by atoms with Gasteiger partial charge in [0.15, 0.2) is 0 Å². The lowest BCUT2D eigenvalue weighted by atomic mass is 9.92. The van der Waals surface area contributed by atoms with E-state index in [0.717, 1.165) is 29.6 Å². The third-order valence-corrected chi connectivity index (χ3v) is 4.46. The molecule has 1 fully saturated rings. The third kappa shape index (κ3) is 4.28. The van der Waals surface area contributed by atoms with E-state index in [9.17, 15) is 4.79 Å². The SMILES string of the molecule is CC(C)[C@H]1OCC[C@@H]1CN[C@H](C(N)=O)c1cccc(Br)c1. The number of nitrogens with one attached hydrogen (secondary N) is 1. The molecule has 1 aliphatic heterocycles. The second-order valence-electron chi connectivity index (χ2n) is 5.93. The first-order valence-corrected chi connectivity index (χ1v) is 8.18. The Morgan fingerprint density at radius 3 is 2.90 bits per heavy atom. The van der Waals surface area contributed by atoms with Crippen LogP contribution in [0, 0.1) is 11.8 Å². The molecule has 0 aliphatic carbocycles. The minimum absolute atomic E-state index is 0.258. The Kier molecular flexibility index (Phi) is 5.79. The number of ether oxygens (including phenoxy) is 1. The lowest BCUT2D eigenvalue weighted by molar-refractivity contribution is -0.120. The fraction of sp³-hybridized carbons (Fsp3) is 0.562. The minimum Gasteiger partial charge on any atom is -0.378 e. The topological polar surface area (TPSA) is 64.3 Å². The maximum Gasteiger partial charge on any atom is 0.239 e. The van der Waals surface area contributed by atoms with Crippen LogP contribution in [0.5, 0.6) is 0 Å². The van der Waals surface area contributed by atoms with Crippen molar-refractivity contribution in [2.24, 2.45) is 17.6 Å². The Hall–Kier alpha value is -0.910. The first-order valence-electron chi connectivity index (χ1n) is 7.38. The highest BCUT2D eigenvalue weighted by molar-refractivity contribution is 9.10. The number of nitrogens with two attached hydrogens (primary N) is 1.